The van der Waals surface area contributed by atoms with Crippen LogP contribution in [-0.4, -0.2) is 0 Å². The van der Waals surface area contributed by atoms with Crippen molar-refractivity contribution in [3.8, 4) is 0 Å². The van der Waals surface area contributed by atoms with Gasteiger partial charge in [-0.3, -0.25) is 0 Å². The van der Waals surface area contributed by atoms with Gasteiger partial charge in [0.1, 0.15) is 0 Å². The molecule has 0 nitrogen and oxygen atoms in total. The average Bonchev–Trinajstić information content (AvgIpc) is 3.49. The molecule has 0 spiro atoms. The fraction of sp³-hybridized carbons (Fsp3) is 0.935. The molecule has 0 radical (unpaired) electrons. The fourth-order valence-electron chi connectivity index (χ4n) is 7.51. The Bertz CT molecular complexity index is 476. The first-order valence-electron chi connectivity index (χ1n) is 15.0. The molecular formula is C31H56. The van der Waals surface area contributed by atoms with Crippen LogP contribution in [0.25, 0.3) is 0 Å². The van der Waals surface area contributed by atoms with Crippen molar-refractivity contribution in [2.24, 2.45) is 35.5 Å². The molecule has 0 aliphatic heterocycles. The first kappa shape index (κ1) is 25.4. The Morgan fingerprint density at radius 1 is 0.548 bits per heavy atom. The van der Waals surface area contributed by atoms with E-state index in [2.05, 4.69) is 26.0 Å². The van der Waals surface area contributed by atoms with Crippen LogP contribution in [0.15, 0.2) is 12.2 Å². The third-order valence-corrected chi connectivity index (χ3v) is 9.37. The summed E-state index contributed by atoms with van der Waals surface area (Å²) in [5.74, 6) is 6.17. The lowest BCUT2D eigenvalue weighted by Gasteiger charge is -2.31. The van der Waals surface area contributed by atoms with Crippen molar-refractivity contribution in [2.75, 3.05) is 0 Å². The van der Waals surface area contributed by atoms with E-state index in [0.29, 0.717) is 0 Å². The summed E-state index contributed by atoms with van der Waals surface area (Å²) < 4.78 is 0. The zero-order valence-corrected chi connectivity index (χ0v) is 21.5. The number of rotatable bonds is 18. The summed E-state index contributed by atoms with van der Waals surface area (Å²) in [5, 5.41) is 0. The molecule has 31 heavy (non-hydrogen) atoms. The minimum absolute atomic E-state index is 0.852. The molecule has 3 rings (SSSR count). The van der Waals surface area contributed by atoms with Crippen molar-refractivity contribution in [1.82, 2.24) is 0 Å². The van der Waals surface area contributed by atoms with Crippen molar-refractivity contribution in [2.45, 2.75) is 149 Å². The van der Waals surface area contributed by atoms with Crippen LogP contribution < -0.4 is 0 Å². The first-order chi connectivity index (χ1) is 15.3. The van der Waals surface area contributed by atoms with Gasteiger partial charge in [0, 0.05) is 0 Å². The van der Waals surface area contributed by atoms with Gasteiger partial charge in [-0.05, 0) is 61.2 Å². The predicted molar refractivity (Wildman–Crippen MR) is 138 cm³/mol. The molecular weight excluding hydrogens is 372 g/mol. The second-order valence-electron chi connectivity index (χ2n) is 12.0. The molecule has 0 N–H and O–H groups in total. The summed E-state index contributed by atoms with van der Waals surface area (Å²) in [7, 11) is 0. The molecule has 2 saturated carbocycles. The van der Waals surface area contributed by atoms with Gasteiger partial charge < -0.3 is 0 Å². The summed E-state index contributed by atoms with van der Waals surface area (Å²) >= 11 is 0. The molecule has 2 bridgehead atoms. The predicted octanol–water partition coefficient (Wildman–Crippen LogP) is 10.5. The molecule has 0 heteroatoms. The van der Waals surface area contributed by atoms with Gasteiger partial charge in [0.2, 0.25) is 0 Å². The lowest BCUT2D eigenvalue weighted by molar-refractivity contribution is 0.197. The van der Waals surface area contributed by atoms with Crippen molar-refractivity contribution in [3.63, 3.8) is 0 Å². The van der Waals surface area contributed by atoms with Gasteiger partial charge in [0.15, 0.2) is 0 Å². The Kier molecular flexibility index (Phi) is 12.1. The van der Waals surface area contributed by atoms with E-state index in [1.165, 1.54) is 109 Å². The normalized spacial score (nSPS) is 31.8. The van der Waals surface area contributed by atoms with E-state index in [-0.39, 0.29) is 0 Å². The van der Waals surface area contributed by atoms with Crippen LogP contribution in [0.5, 0.6) is 0 Å². The van der Waals surface area contributed by atoms with Crippen LogP contribution >= 0.6 is 0 Å². The molecule has 0 heterocycles. The number of fused-ring (bicyclic) bond motifs is 2. The summed E-state index contributed by atoms with van der Waals surface area (Å²) in [6.45, 7) is 4.72. The Morgan fingerprint density at radius 3 is 1.55 bits per heavy atom. The number of unbranched alkanes of at least 4 members (excludes halogenated alkanes) is 15. The second kappa shape index (κ2) is 14.8. The van der Waals surface area contributed by atoms with Gasteiger partial charge in [-0.1, -0.05) is 135 Å². The Labute approximate surface area is 196 Å². The Hall–Kier alpha value is -0.260. The number of allylic oxidation sites excluding steroid dienone is 2. The van der Waals surface area contributed by atoms with Crippen molar-refractivity contribution >= 4 is 0 Å². The highest BCUT2D eigenvalue weighted by Crippen LogP contribution is 2.57. The highest BCUT2D eigenvalue weighted by atomic mass is 14.5. The molecule has 3 aliphatic carbocycles. The third kappa shape index (κ3) is 8.89. The zero-order chi connectivity index (χ0) is 21.7. The van der Waals surface area contributed by atoms with E-state index >= 15 is 0 Å². The summed E-state index contributed by atoms with van der Waals surface area (Å²) in [4.78, 5) is 0. The maximum Gasteiger partial charge on any atom is -0.0197 e. The SMILES string of the molecule is CCCCCCCCCCCCCCCCCCC1CC2CC1CC2C1C=CC(C)C1. The third-order valence-electron chi connectivity index (χ3n) is 9.37. The van der Waals surface area contributed by atoms with Gasteiger partial charge in [-0.15, -0.1) is 0 Å². The maximum atomic E-state index is 2.58. The standard InChI is InChI=1S/C31H56/c1-3-4-5-6-7-8-9-10-11-12-13-14-15-16-17-18-19-27-23-30-24-29(27)25-31(30)28-21-20-26(2)22-28/h20-21,26-31H,3-19,22-25H2,1-2H3. The monoisotopic (exact) mass is 428 g/mol. The lowest BCUT2D eigenvalue weighted by Crippen LogP contribution is -2.23. The van der Waals surface area contributed by atoms with Gasteiger partial charge in [-0.25, -0.2) is 0 Å². The molecule has 2 fully saturated rings. The molecule has 6 unspecified atom stereocenters. The van der Waals surface area contributed by atoms with Gasteiger partial charge >= 0.3 is 0 Å². The molecule has 180 valence electrons. The smallest absolute Gasteiger partial charge is 0.0197 e. The molecule has 0 aromatic rings. The van der Waals surface area contributed by atoms with Crippen LogP contribution in [-0.2, 0) is 0 Å². The molecule has 3 aliphatic rings. The molecule has 0 aromatic carbocycles. The molecule has 6 atom stereocenters. The number of hydrogen-bond acceptors (Lipinski definition) is 0. The highest BCUT2D eigenvalue weighted by molar-refractivity contribution is 5.07. The van der Waals surface area contributed by atoms with Crippen LogP contribution in [0.3, 0.4) is 0 Å². The summed E-state index contributed by atoms with van der Waals surface area (Å²) in [6, 6.07) is 0. The quantitative estimate of drug-likeness (QED) is 0.150. The van der Waals surface area contributed by atoms with Gasteiger partial charge in [0.05, 0.1) is 0 Å². The lowest BCUT2D eigenvalue weighted by atomic mass is 9.74. The van der Waals surface area contributed by atoms with Crippen LogP contribution in [0.1, 0.15) is 149 Å². The van der Waals surface area contributed by atoms with E-state index in [4.69, 9.17) is 0 Å². The number of hydrogen-bond donors (Lipinski definition) is 0. The second-order valence-corrected chi connectivity index (χ2v) is 12.0. The van der Waals surface area contributed by atoms with Gasteiger partial charge in [-0.2, -0.15) is 0 Å². The van der Waals surface area contributed by atoms with E-state index in [1.54, 1.807) is 25.7 Å². The van der Waals surface area contributed by atoms with E-state index in [0.717, 1.165) is 35.5 Å². The molecule has 0 aromatic heterocycles. The highest BCUT2D eigenvalue weighted by Gasteiger charge is 2.47. The van der Waals surface area contributed by atoms with E-state index < -0.39 is 0 Å². The van der Waals surface area contributed by atoms with Crippen molar-refractivity contribution in [1.29, 1.82) is 0 Å². The molecule has 0 amide bonds. The summed E-state index contributed by atoms with van der Waals surface area (Å²) in [5.41, 5.74) is 0. The largest absolute Gasteiger partial charge is 0.0854 e. The Morgan fingerprint density at radius 2 is 1.10 bits per heavy atom. The van der Waals surface area contributed by atoms with Gasteiger partial charge in [0.25, 0.3) is 0 Å². The van der Waals surface area contributed by atoms with Crippen molar-refractivity contribution < 1.29 is 0 Å². The van der Waals surface area contributed by atoms with Crippen LogP contribution in [0, 0.1) is 35.5 Å². The minimum Gasteiger partial charge on any atom is -0.0854 e. The molecule has 0 saturated heterocycles. The summed E-state index contributed by atoms with van der Waals surface area (Å²) in [6.07, 6.45) is 36.6. The van der Waals surface area contributed by atoms with Crippen LogP contribution in [0.2, 0.25) is 0 Å². The minimum atomic E-state index is 0.852. The fourth-order valence-corrected chi connectivity index (χ4v) is 7.51. The maximum absolute atomic E-state index is 2.58. The van der Waals surface area contributed by atoms with Crippen LogP contribution in [0.4, 0.5) is 0 Å². The topological polar surface area (TPSA) is 0 Å². The van der Waals surface area contributed by atoms with Crippen molar-refractivity contribution in [3.05, 3.63) is 12.2 Å². The Balaban J connectivity index is 1.06. The average molecular weight is 429 g/mol. The zero-order valence-electron chi connectivity index (χ0n) is 21.5. The van der Waals surface area contributed by atoms with E-state index in [9.17, 15) is 0 Å². The van der Waals surface area contributed by atoms with E-state index in [1.807, 2.05) is 0 Å². The first-order valence-corrected chi connectivity index (χ1v) is 15.0.